The molecule has 0 bridgehead atoms. The summed E-state index contributed by atoms with van der Waals surface area (Å²) in [5, 5.41) is 3.01. The van der Waals surface area contributed by atoms with Crippen LogP contribution in [-0.2, 0) is 4.79 Å². The van der Waals surface area contributed by atoms with E-state index >= 15 is 0 Å². The van der Waals surface area contributed by atoms with Gasteiger partial charge in [0.2, 0.25) is 5.91 Å². The van der Waals surface area contributed by atoms with Gasteiger partial charge in [-0.2, -0.15) is 0 Å². The SMILES string of the molecule is CCCC(=O)NCCCC1c2cc(OC)ccc2-c2ccc(OC)cc21. The molecular formula is C22H27NO3. The predicted molar refractivity (Wildman–Crippen MR) is 104 cm³/mol. The number of ether oxygens (including phenoxy) is 2. The first-order chi connectivity index (χ1) is 12.7. The van der Waals surface area contributed by atoms with E-state index < -0.39 is 0 Å². The molecule has 3 rings (SSSR count). The van der Waals surface area contributed by atoms with E-state index in [1.54, 1.807) is 14.2 Å². The van der Waals surface area contributed by atoms with Crippen molar-refractivity contribution < 1.29 is 14.3 Å². The molecule has 138 valence electrons. The fourth-order valence-corrected chi connectivity index (χ4v) is 3.73. The maximum absolute atomic E-state index is 11.7. The predicted octanol–water partition coefficient (Wildman–Crippen LogP) is 4.51. The highest BCUT2D eigenvalue weighted by Crippen LogP contribution is 2.48. The van der Waals surface area contributed by atoms with Gasteiger partial charge in [-0.15, -0.1) is 0 Å². The Hall–Kier alpha value is -2.49. The lowest BCUT2D eigenvalue weighted by molar-refractivity contribution is -0.121. The Morgan fingerprint density at radius 3 is 2.08 bits per heavy atom. The zero-order valence-corrected chi connectivity index (χ0v) is 15.8. The molecule has 26 heavy (non-hydrogen) atoms. The van der Waals surface area contributed by atoms with Crippen LogP contribution in [-0.4, -0.2) is 26.7 Å². The second-order valence-electron chi connectivity index (χ2n) is 6.70. The van der Waals surface area contributed by atoms with Crippen LogP contribution < -0.4 is 14.8 Å². The van der Waals surface area contributed by atoms with Gasteiger partial charge in [0.05, 0.1) is 14.2 Å². The second-order valence-corrected chi connectivity index (χ2v) is 6.70. The molecule has 0 unspecified atom stereocenters. The Balaban J connectivity index is 1.81. The molecular weight excluding hydrogens is 326 g/mol. The number of rotatable bonds is 8. The molecule has 0 aliphatic heterocycles. The smallest absolute Gasteiger partial charge is 0.219 e. The van der Waals surface area contributed by atoms with E-state index in [1.807, 2.05) is 19.1 Å². The third kappa shape index (κ3) is 3.69. The molecule has 2 aromatic rings. The number of carbonyl (C=O) groups is 1. The summed E-state index contributed by atoms with van der Waals surface area (Å²) in [6, 6.07) is 12.6. The lowest BCUT2D eigenvalue weighted by Crippen LogP contribution is -2.24. The van der Waals surface area contributed by atoms with Crippen molar-refractivity contribution in [2.24, 2.45) is 0 Å². The number of carbonyl (C=O) groups excluding carboxylic acids is 1. The van der Waals surface area contributed by atoms with Crippen LogP contribution in [0.3, 0.4) is 0 Å². The molecule has 1 N–H and O–H groups in total. The molecule has 0 aromatic heterocycles. The van der Waals surface area contributed by atoms with Crippen LogP contribution in [0.5, 0.6) is 11.5 Å². The Kier molecular flexibility index (Phi) is 5.82. The maximum Gasteiger partial charge on any atom is 0.219 e. The van der Waals surface area contributed by atoms with Gasteiger partial charge in [0.1, 0.15) is 11.5 Å². The number of benzene rings is 2. The quantitative estimate of drug-likeness (QED) is 0.710. The van der Waals surface area contributed by atoms with Crippen LogP contribution in [0.4, 0.5) is 0 Å². The van der Waals surface area contributed by atoms with E-state index in [0.29, 0.717) is 18.9 Å². The molecule has 0 saturated heterocycles. The average molecular weight is 353 g/mol. The van der Waals surface area contributed by atoms with E-state index in [9.17, 15) is 4.79 Å². The molecule has 4 heteroatoms. The summed E-state index contributed by atoms with van der Waals surface area (Å²) in [5.41, 5.74) is 5.13. The van der Waals surface area contributed by atoms with Crippen LogP contribution in [0.2, 0.25) is 0 Å². The number of amides is 1. The van der Waals surface area contributed by atoms with Crippen molar-refractivity contribution >= 4 is 5.91 Å². The van der Waals surface area contributed by atoms with Crippen molar-refractivity contribution in [1.29, 1.82) is 0 Å². The van der Waals surface area contributed by atoms with Gasteiger partial charge in [-0.25, -0.2) is 0 Å². The summed E-state index contributed by atoms with van der Waals surface area (Å²) >= 11 is 0. The van der Waals surface area contributed by atoms with E-state index in [4.69, 9.17) is 9.47 Å². The molecule has 1 amide bonds. The molecule has 0 fully saturated rings. The third-order valence-corrected chi connectivity index (χ3v) is 5.03. The minimum atomic E-state index is 0.142. The molecule has 4 nitrogen and oxygen atoms in total. The van der Waals surface area contributed by atoms with Crippen LogP contribution >= 0.6 is 0 Å². The van der Waals surface area contributed by atoms with Crippen molar-refractivity contribution in [2.75, 3.05) is 20.8 Å². The van der Waals surface area contributed by atoms with Gasteiger partial charge >= 0.3 is 0 Å². The summed E-state index contributed by atoms with van der Waals surface area (Å²) in [6.45, 7) is 2.74. The molecule has 1 aliphatic rings. The van der Waals surface area contributed by atoms with Gasteiger partial charge < -0.3 is 14.8 Å². The molecule has 0 radical (unpaired) electrons. The van der Waals surface area contributed by atoms with Crippen LogP contribution in [0.15, 0.2) is 36.4 Å². The number of methoxy groups -OCH3 is 2. The van der Waals surface area contributed by atoms with Crippen LogP contribution in [0.25, 0.3) is 11.1 Å². The van der Waals surface area contributed by atoms with Gasteiger partial charge in [-0.05, 0) is 65.8 Å². The fraction of sp³-hybridized carbons (Fsp3) is 0.409. The Labute approximate surface area is 155 Å². The lowest BCUT2D eigenvalue weighted by Gasteiger charge is -2.15. The highest BCUT2D eigenvalue weighted by atomic mass is 16.5. The monoisotopic (exact) mass is 353 g/mol. The topological polar surface area (TPSA) is 47.6 Å². The standard InChI is InChI=1S/C22H27NO3/c1-4-6-22(24)23-12-5-7-17-20-13-15(25-2)8-10-18(20)19-11-9-16(26-3)14-21(17)19/h8-11,13-14,17H,4-7,12H2,1-3H3,(H,23,24). The van der Waals surface area contributed by atoms with Crippen LogP contribution in [0, 0.1) is 0 Å². The molecule has 0 saturated carbocycles. The minimum Gasteiger partial charge on any atom is -0.497 e. The summed E-state index contributed by atoms with van der Waals surface area (Å²) in [7, 11) is 3.40. The fourth-order valence-electron chi connectivity index (χ4n) is 3.73. The number of nitrogens with one attached hydrogen (secondary N) is 1. The largest absolute Gasteiger partial charge is 0.497 e. The number of fused-ring (bicyclic) bond motifs is 3. The van der Waals surface area contributed by atoms with Gasteiger partial charge in [-0.1, -0.05) is 19.1 Å². The zero-order valence-electron chi connectivity index (χ0n) is 15.8. The van der Waals surface area contributed by atoms with Crippen molar-refractivity contribution in [3.63, 3.8) is 0 Å². The van der Waals surface area contributed by atoms with Gasteiger partial charge in [0, 0.05) is 18.9 Å². The number of hydrogen-bond donors (Lipinski definition) is 1. The summed E-state index contributed by atoms with van der Waals surface area (Å²) in [4.78, 5) is 11.7. The first-order valence-corrected chi connectivity index (χ1v) is 9.30. The van der Waals surface area contributed by atoms with E-state index in [2.05, 4.69) is 29.6 Å². The maximum atomic E-state index is 11.7. The average Bonchev–Trinajstić information content (AvgIpc) is 2.97. The Morgan fingerprint density at radius 1 is 1.00 bits per heavy atom. The molecule has 0 heterocycles. The van der Waals surface area contributed by atoms with Crippen molar-refractivity contribution in [1.82, 2.24) is 5.32 Å². The lowest BCUT2D eigenvalue weighted by atomic mass is 9.92. The summed E-state index contributed by atoms with van der Waals surface area (Å²) in [6.07, 6.45) is 3.40. The zero-order chi connectivity index (χ0) is 18.5. The van der Waals surface area contributed by atoms with Gasteiger partial charge in [0.15, 0.2) is 0 Å². The third-order valence-electron chi connectivity index (χ3n) is 5.03. The molecule has 0 spiro atoms. The Bertz CT molecular complexity index is 731. The van der Waals surface area contributed by atoms with Crippen molar-refractivity contribution in [3.8, 4) is 22.6 Å². The summed E-state index contributed by atoms with van der Waals surface area (Å²) < 4.78 is 10.9. The van der Waals surface area contributed by atoms with Crippen LogP contribution in [0.1, 0.15) is 49.7 Å². The number of hydrogen-bond acceptors (Lipinski definition) is 3. The molecule has 2 aromatic carbocycles. The Morgan fingerprint density at radius 2 is 1.58 bits per heavy atom. The van der Waals surface area contributed by atoms with Crippen molar-refractivity contribution in [2.45, 2.75) is 38.5 Å². The van der Waals surface area contributed by atoms with E-state index in [0.717, 1.165) is 30.8 Å². The normalized spacial score (nSPS) is 12.4. The molecule has 0 atom stereocenters. The van der Waals surface area contributed by atoms with Crippen molar-refractivity contribution in [3.05, 3.63) is 47.5 Å². The van der Waals surface area contributed by atoms with E-state index in [-0.39, 0.29) is 5.91 Å². The minimum absolute atomic E-state index is 0.142. The molecule has 1 aliphatic carbocycles. The first-order valence-electron chi connectivity index (χ1n) is 9.30. The first kappa shape index (κ1) is 18.3. The summed E-state index contributed by atoms with van der Waals surface area (Å²) in [5.74, 6) is 2.20. The highest BCUT2D eigenvalue weighted by molar-refractivity contribution is 5.80. The van der Waals surface area contributed by atoms with E-state index in [1.165, 1.54) is 22.3 Å². The highest BCUT2D eigenvalue weighted by Gasteiger charge is 2.29. The second kappa shape index (κ2) is 8.26. The van der Waals surface area contributed by atoms with Gasteiger partial charge in [-0.3, -0.25) is 4.79 Å². The van der Waals surface area contributed by atoms with Gasteiger partial charge in [0.25, 0.3) is 0 Å².